The summed E-state index contributed by atoms with van der Waals surface area (Å²) in [6.45, 7) is 14.3. The van der Waals surface area contributed by atoms with Crippen LogP contribution in [0.4, 0.5) is 0 Å². The molecular formula is C84H164O17P2. The van der Waals surface area contributed by atoms with Crippen molar-refractivity contribution < 1.29 is 80.2 Å². The van der Waals surface area contributed by atoms with Gasteiger partial charge in [0, 0.05) is 25.7 Å². The van der Waals surface area contributed by atoms with Crippen LogP contribution in [0.25, 0.3) is 0 Å². The highest BCUT2D eigenvalue weighted by Crippen LogP contribution is 2.45. The lowest BCUT2D eigenvalue weighted by molar-refractivity contribution is -0.161. The van der Waals surface area contributed by atoms with Gasteiger partial charge in [-0.3, -0.25) is 37.3 Å². The molecular weight excluding hydrogens is 1340 g/mol. The summed E-state index contributed by atoms with van der Waals surface area (Å²) in [5, 5.41) is 10.7. The number of ether oxygens (including phenoxy) is 4. The predicted octanol–water partition coefficient (Wildman–Crippen LogP) is 25.2. The number of phosphoric acid groups is 2. The lowest BCUT2D eigenvalue weighted by Crippen LogP contribution is -2.30. The fourth-order valence-corrected chi connectivity index (χ4v) is 14.5. The van der Waals surface area contributed by atoms with Crippen molar-refractivity contribution in [2.75, 3.05) is 39.6 Å². The molecule has 0 bridgehead atoms. The second-order valence-electron chi connectivity index (χ2n) is 31.9. The van der Waals surface area contributed by atoms with Crippen LogP contribution in [-0.2, 0) is 65.4 Å². The number of hydrogen-bond acceptors (Lipinski definition) is 15. The lowest BCUT2D eigenvalue weighted by atomic mass is 10.00. The van der Waals surface area contributed by atoms with Gasteiger partial charge in [0.2, 0.25) is 0 Å². The first-order chi connectivity index (χ1) is 49.6. The summed E-state index contributed by atoms with van der Waals surface area (Å²) in [5.74, 6) is 1.02. The second-order valence-corrected chi connectivity index (χ2v) is 34.8. The minimum absolute atomic E-state index is 0.107. The molecule has 103 heavy (non-hydrogen) atoms. The monoisotopic (exact) mass is 1510 g/mol. The van der Waals surface area contributed by atoms with E-state index in [9.17, 15) is 43.2 Å². The number of aliphatic hydroxyl groups is 1. The van der Waals surface area contributed by atoms with E-state index >= 15 is 0 Å². The summed E-state index contributed by atoms with van der Waals surface area (Å²) < 4.78 is 68.8. The zero-order valence-corrected chi connectivity index (χ0v) is 69.7. The summed E-state index contributed by atoms with van der Waals surface area (Å²) in [6, 6.07) is 0. The number of esters is 4. The summed E-state index contributed by atoms with van der Waals surface area (Å²) in [5.41, 5.74) is 0. The fourth-order valence-electron chi connectivity index (χ4n) is 12.9. The summed E-state index contributed by atoms with van der Waals surface area (Å²) in [4.78, 5) is 73.1. The van der Waals surface area contributed by atoms with E-state index in [4.69, 9.17) is 37.0 Å². The first-order valence-corrected chi connectivity index (χ1v) is 46.2. The molecule has 0 fully saturated rings. The van der Waals surface area contributed by atoms with Crippen LogP contribution < -0.4 is 0 Å². The SMILES string of the molecule is CCC(C)CCCCCCCCC(=O)OC[C@H](COP(=O)(O)OC[C@H](O)COP(=O)(O)OC[C@@H](COC(=O)CCCCCCCCCCCCCCC(C)C)OC(=O)CCCCCCCCCCCCCCCCCCC(C)C)OC(=O)CCCCCCCCCCCCCCCCCCC(C)C. The minimum Gasteiger partial charge on any atom is -0.462 e. The van der Waals surface area contributed by atoms with Gasteiger partial charge >= 0.3 is 39.5 Å². The minimum atomic E-state index is -4.96. The van der Waals surface area contributed by atoms with E-state index in [0.717, 1.165) is 120 Å². The van der Waals surface area contributed by atoms with E-state index in [1.807, 2.05) is 0 Å². The number of phosphoric ester groups is 2. The van der Waals surface area contributed by atoms with Gasteiger partial charge in [-0.05, 0) is 49.4 Å². The van der Waals surface area contributed by atoms with Crippen LogP contribution in [0.1, 0.15) is 434 Å². The fraction of sp³-hybridized carbons (Fsp3) is 0.952. The number of hydrogen-bond donors (Lipinski definition) is 3. The van der Waals surface area contributed by atoms with E-state index in [1.54, 1.807) is 0 Å². The van der Waals surface area contributed by atoms with Crippen molar-refractivity contribution in [3.8, 4) is 0 Å². The molecule has 0 aromatic heterocycles. The molecule has 0 heterocycles. The Morgan fingerprint density at radius 2 is 0.466 bits per heavy atom. The Balaban J connectivity index is 5.23. The van der Waals surface area contributed by atoms with Crippen molar-refractivity contribution in [3.05, 3.63) is 0 Å². The standard InChI is InChI=1S/C84H164O17P2/c1-9-77(8)63-55-47-42-43-49-57-65-82(87)95-71-80(101-84(89)67-59-51-41-35-29-21-17-13-11-15-19-25-31-37-45-53-61-75(4)5)73-99-103(92,93)97-69-78(85)68-96-102(90,91)98-72-79(70-94-81(86)64-56-48-39-33-27-23-22-26-32-38-46-54-62-76(6)7)100-83(88)66-58-50-40-34-28-20-16-12-10-14-18-24-30-36-44-52-60-74(2)3/h74-80,85H,9-73H2,1-8H3,(H,90,91)(H,92,93)/t77?,78-,79-,80-/m1/s1. The lowest BCUT2D eigenvalue weighted by Gasteiger charge is -2.21. The molecule has 3 unspecified atom stereocenters. The average molecular weight is 1510 g/mol. The van der Waals surface area contributed by atoms with E-state index in [2.05, 4.69) is 55.4 Å². The summed E-state index contributed by atoms with van der Waals surface area (Å²) in [7, 11) is -9.93. The van der Waals surface area contributed by atoms with Gasteiger partial charge in [0.1, 0.15) is 19.3 Å². The number of carbonyl (C=O) groups excluding carboxylic acids is 4. The molecule has 3 N–H and O–H groups in total. The Morgan fingerprint density at radius 1 is 0.272 bits per heavy atom. The normalized spacial score (nSPS) is 14.2. The van der Waals surface area contributed by atoms with Crippen molar-refractivity contribution in [2.24, 2.45) is 23.7 Å². The zero-order valence-electron chi connectivity index (χ0n) is 68.0. The van der Waals surface area contributed by atoms with Gasteiger partial charge in [0.05, 0.1) is 26.4 Å². The maximum absolute atomic E-state index is 13.1. The quantitative estimate of drug-likeness (QED) is 0.0222. The molecule has 612 valence electrons. The number of unbranched alkanes of at least 4 members (excludes halogenated alkanes) is 46. The van der Waals surface area contributed by atoms with Gasteiger partial charge in [-0.2, -0.15) is 0 Å². The highest BCUT2D eigenvalue weighted by Gasteiger charge is 2.30. The maximum atomic E-state index is 13.1. The van der Waals surface area contributed by atoms with E-state index in [1.165, 1.54) is 231 Å². The van der Waals surface area contributed by atoms with Gasteiger partial charge < -0.3 is 33.8 Å². The Hall–Kier alpha value is -1.94. The van der Waals surface area contributed by atoms with Crippen molar-refractivity contribution in [3.63, 3.8) is 0 Å². The molecule has 0 aromatic carbocycles. The number of rotatable bonds is 81. The molecule has 0 amide bonds. The Kier molecular flexibility index (Phi) is 71.5. The van der Waals surface area contributed by atoms with Crippen LogP contribution >= 0.6 is 15.6 Å². The molecule has 0 aliphatic rings. The predicted molar refractivity (Wildman–Crippen MR) is 423 cm³/mol. The van der Waals surface area contributed by atoms with Crippen LogP contribution in [0.3, 0.4) is 0 Å². The smallest absolute Gasteiger partial charge is 0.462 e. The van der Waals surface area contributed by atoms with E-state index in [-0.39, 0.29) is 25.7 Å². The third-order valence-corrected chi connectivity index (χ3v) is 21.8. The van der Waals surface area contributed by atoms with Gasteiger partial charge in [-0.25, -0.2) is 9.13 Å². The number of aliphatic hydroxyl groups excluding tert-OH is 1. The van der Waals surface area contributed by atoms with Crippen LogP contribution in [0.15, 0.2) is 0 Å². The highest BCUT2D eigenvalue weighted by atomic mass is 31.2. The van der Waals surface area contributed by atoms with Gasteiger partial charge in [0.15, 0.2) is 12.2 Å². The van der Waals surface area contributed by atoms with Crippen LogP contribution in [0, 0.1) is 23.7 Å². The molecule has 0 aliphatic carbocycles. The topological polar surface area (TPSA) is 237 Å². The second kappa shape index (κ2) is 72.9. The van der Waals surface area contributed by atoms with Crippen molar-refractivity contribution in [1.82, 2.24) is 0 Å². The number of carbonyl (C=O) groups is 4. The maximum Gasteiger partial charge on any atom is 0.472 e. The van der Waals surface area contributed by atoms with Gasteiger partial charge in [-0.1, -0.05) is 383 Å². The van der Waals surface area contributed by atoms with Gasteiger partial charge in [-0.15, -0.1) is 0 Å². The Bertz CT molecular complexity index is 2010. The van der Waals surface area contributed by atoms with Gasteiger partial charge in [0.25, 0.3) is 0 Å². The van der Waals surface area contributed by atoms with Crippen LogP contribution in [-0.4, -0.2) is 96.7 Å². The first-order valence-electron chi connectivity index (χ1n) is 43.2. The Labute approximate surface area is 632 Å². The molecule has 0 saturated heterocycles. The molecule has 0 radical (unpaired) electrons. The van der Waals surface area contributed by atoms with Crippen molar-refractivity contribution >= 4 is 39.5 Å². The largest absolute Gasteiger partial charge is 0.472 e. The van der Waals surface area contributed by atoms with Crippen molar-refractivity contribution in [2.45, 2.75) is 453 Å². The average Bonchev–Trinajstić information content (AvgIpc) is 0.905. The molecule has 17 nitrogen and oxygen atoms in total. The first kappa shape index (κ1) is 101. The third-order valence-electron chi connectivity index (χ3n) is 19.9. The van der Waals surface area contributed by atoms with Crippen molar-refractivity contribution in [1.29, 1.82) is 0 Å². The van der Waals surface area contributed by atoms with Crippen LogP contribution in [0.5, 0.6) is 0 Å². The molecule has 0 rings (SSSR count). The molecule has 0 saturated carbocycles. The summed E-state index contributed by atoms with van der Waals surface area (Å²) in [6.07, 6.45) is 61.1. The van der Waals surface area contributed by atoms with E-state index < -0.39 is 97.5 Å². The zero-order chi connectivity index (χ0) is 76.0. The highest BCUT2D eigenvalue weighted by molar-refractivity contribution is 7.47. The third kappa shape index (κ3) is 76.6. The summed E-state index contributed by atoms with van der Waals surface area (Å²) >= 11 is 0. The van der Waals surface area contributed by atoms with E-state index in [0.29, 0.717) is 25.7 Å². The molecule has 0 spiro atoms. The molecule has 19 heteroatoms. The Morgan fingerprint density at radius 3 is 0.689 bits per heavy atom. The molecule has 6 atom stereocenters. The van der Waals surface area contributed by atoms with Crippen LogP contribution in [0.2, 0.25) is 0 Å². The molecule has 0 aromatic rings. The molecule has 0 aliphatic heterocycles.